The molecule has 4 atom stereocenters. The average molecular weight is 1030 g/mol. The molecule has 0 aliphatic heterocycles. The summed E-state index contributed by atoms with van der Waals surface area (Å²) in [7, 11) is 3.98. The summed E-state index contributed by atoms with van der Waals surface area (Å²) in [6.45, 7) is 10.1. The largest absolute Gasteiger partial charge is 0.453 e. The number of hydrogen-bond donors (Lipinski definition) is 4. The topological polar surface area (TPSA) is 175 Å². The van der Waals surface area contributed by atoms with E-state index >= 15 is 0 Å². The highest BCUT2D eigenvalue weighted by atomic mass is 35.5. The van der Waals surface area contributed by atoms with Crippen LogP contribution in [0.3, 0.4) is 0 Å². The van der Waals surface area contributed by atoms with Gasteiger partial charge in [0.05, 0.1) is 26.3 Å². The number of aromatic nitrogens is 4. The number of carbonyl (C=O) groups excluding carboxylic acids is 4. The molecule has 71 heavy (non-hydrogen) atoms. The SMILES string of the molecule is CCN(C(=O)[C@@H](NC(=O)OC)C1CCC(F)(F)CC1)[C@@H](CC(C)C)c1nc(-c2ccc(-c3ccc(-c4nc([C@H](CC(C)C)N(C)C(=O)[C@@H](NC(=O)OC)C5CCC(F)(F)CC5)[nH]c4Cl)cc3)cc2)c(Cl)[nH]1. The molecule has 4 N–H and O–H groups in total. The Morgan fingerprint density at radius 3 is 1.37 bits per heavy atom. The van der Waals surface area contributed by atoms with E-state index in [0.29, 0.717) is 47.0 Å². The van der Waals surface area contributed by atoms with Crippen molar-refractivity contribution in [3.05, 3.63) is 70.5 Å². The summed E-state index contributed by atoms with van der Waals surface area (Å²) in [6, 6.07) is 12.0. The van der Waals surface area contributed by atoms with Crippen molar-refractivity contribution in [1.82, 2.24) is 40.4 Å². The molecule has 6 rings (SSSR count). The number of amides is 4. The molecule has 20 heteroatoms. The number of ether oxygens (including phenoxy) is 2. The Balaban J connectivity index is 1.20. The molecule has 2 saturated carbocycles. The summed E-state index contributed by atoms with van der Waals surface area (Å²) >= 11 is 13.6. The van der Waals surface area contributed by atoms with Gasteiger partial charge in [-0.05, 0) is 80.2 Å². The molecule has 2 heterocycles. The van der Waals surface area contributed by atoms with Crippen molar-refractivity contribution in [2.75, 3.05) is 27.8 Å². The van der Waals surface area contributed by atoms with Gasteiger partial charge in [0.2, 0.25) is 23.7 Å². The van der Waals surface area contributed by atoms with Crippen molar-refractivity contribution >= 4 is 47.2 Å². The average Bonchev–Trinajstić information content (AvgIpc) is 3.92. The summed E-state index contributed by atoms with van der Waals surface area (Å²) in [6.07, 6.45) is -1.91. The molecule has 2 aliphatic rings. The van der Waals surface area contributed by atoms with Gasteiger partial charge in [0.1, 0.15) is 45.4 Å². The molecule has 0 saturated heterocycles. The van der Waals surface area contributed by atoms with E-state index < -0.39 is 71.8 Å². The standard InChI is InChI=1S/C51H66Cl2F4N8O6/c1-9-65(47(67)41(61-49(69)71-8)35-20-24-51(56,57)25-21-35)37(27-29(4)5)45-59-39(43(53)63-45)33-16-12-31(13-17-33)30-10-14-32(15-11-30)38-42(52)62-44(58-38)36(26-28(2)3)64(6)46(66)40(60-48(68)70-7)34-18-22-50(54,55)23-19-34/h10-17,28-29,34-37,40-41H,9,18-27H2,1-8H3,(H,58,62)(H,59,63)(H,60,68)(H,61,69)/t36-,37-,40-,41-/m0/s1. The van der Waals surface area contributed by atoms with Gasteiger partial charge >= 0.3 is 12.2 Å². The maximum absolute atomic E-state index is 14.4. The first-order chi connectivity index (χ1) is 33.5. The minimum atomic E-state index is -2.82. The lowest BCUT2D eigenvalue weighted by Gasteiger charge is -2.38. The van der Waals surface area contributed by atoms with Crippen LogP contribution < -0.4 is 10.6 Å². The Morgan fingerprint density at radius 2 is 1.00 bits per heavy atom. The number of carbonyl (C=O) groups is 4. The Hall–Kier alpha value is -5.36. The summed E-state index contributed by atoms with van der Waals surface area (Å²) in [5.74, 6) is -6.43. The van der Waals surface area contributed by atoms with E-state index in [-0.39, 0.29) is 80.1 Å². The molecule has 14 nitrogen and oxygen atoms in total. The molecule has 2 aromatic heterocycles. The minimum absolute atomic E-state index is 0.0633. The lowest BCUT2D eigenvalue weighted by atomic mass is 9.81. The first-order valence-electron chi connectivity index (χ1n) is 24.3. The summed E-state index contributed by atoms with van der Waals surface area (Å²) in [4.78, 5) is 72.7. The second kappa shape index (κ2) is 23.5. The Bertz CT molecular complexity index is 2450. The highest BCUT2D eigenvalue weighted by Crippen LogP contribution is 2.41. The molecule has 2 fully saturated rings. The number of nitrogens with zero attached hydrogens (tertiary/aromatic N) is 4. The first-order valence-corrected chi connectivity index (χ1v) is 25.0. The number of methoxy groups -OCH3 is 2. The Kier molecular flexibility index (Phi) is 18.2. The van der Waals surface area contributed by atoms with Crippen molar-refractivity contribution in [2.24, 2.45) is 23.7 Å². The highest BCUT2D eigenvalue weighted by molar-refractivity contribution is 6.32. The quantitative estimate of drug-likeness (QED) is 0.0712. The van der Waals surface area contributed by atoms with Crippen molar-refractivity contribution in [3.63, 3.8) is 0 Å². The van der Waals surface area contributed by atoms with E-state index in [4.69, 9.17) is 42.6 Å². The van der Waals surface area contributed by atoms with E-state index in [9.17, 15) is 36.7 Å². The summed E-state index contributed by atoms with van der Waals surface area (Å²) < 4.78 is 66.2. The van der Waals surface area contributed by atoms with Crippen molar-refractivity contribution in [2.45, 2.75) is 135 Å². The number of alkyl carbamates (subject to hydrolysis) is 2. The fourth-order valence-corrected chi connectivity index (χ4v) is 10.3. The van der Waals surface area contributed by atoms with Crippen LogP contribution in [0, 0.1) is 23.7 Å². The number of aromatic amines is 2. The van der Waals surface area contributed by atoms with Crippen LogP contribution in [0.25, 0.3) is 33.6 Å². The number of hydrogen-bond acceptors (Lipinski definition) is 8. The zero-order chi connectivity index (χ0) is 51.9. The molecule has 2 aliphatic carbocycles. The van der Waals surface area contributed by atoms with Gasteiger partial charge in [-0.25, -0.2) is 37.1 Å². The van der Waals surface area contributed by atoms with Gasteiger partial charge in [0.25, 0.3) is 0 Å². The van der Waals surface area contributed by atoms with Crippen LogP contribution in [-0.2, 0) is 19.1 Å². The van der Waals surface area contributed by atoms with Gasteiger partial charge in [-0.1, -0.05) is 99.4 Å². The molecule has 0 radical (unpaired) electrons. The van der Waals surface area contributed by atoms with Crippen LogP contribution in [0.2, 0.25) is 10.3 Å². The van der Waals surface area contributed by atoms with E-state index in [0.717, 1.165) is 11.1 Å². The highest BCUT2D eigenvalue weighted by Gasteiger charge is 2.44. The molecule has 388 valence electrons. The van der Waals surface area contributed by atoms with Crippen molar-refractivity contribution < 1.29 is 46.2 Å². The molecule has 4 aromatic rings. The molecule has 0 spiro atoms. The number of rotatable bonds is 18. The Morgan fingerprint density at radius 1 is 0.648 bits per heavy atom. The molecule has 2 aromatic carbocycles. The van der Waals surface area contributed by atoms with Gasteiger partial charge in [-0.3, -0.25) is 9.59 Å². The number of H-pyrrole nitrogens is 2. The monoisotopic (exact) mass is 1030 g/mol. The smallest absolute Gasteiger partial charge is 0.407 e. The number of nitrogens with one attached hydrogen (secondary N) is 4. The maximum Gasteiger partial charge on any atom is 0.407 e. The van der Waals surface area contributed by atoms with Crippen molar-refractivity contribution in [3.8, 4) is 33.6 Å². The van der Waals surface area contributed by atoms with Crippen molar-refractivity contribution in [1.29, 1.82) is 0 Å². The van der Waals surface area contributed by atoms with E-state index in [1.807, 2.05) is 83.1 Å². The van der Waals surface area contributed by atoms with Gasteiger partial charge < -0.3 is 39.9 Å². The van der Waals surface area contributed by atoms with Crippen LogP contribution in [0.1, 0.15) is 123 Å². The van der Waals surface area contributed by atoms with Crippen LogP contribution >= 0.6 is 23.2 Å². The summed E-state index contributed by atoms with van der Waals surface area (Å²) in [5, 5.41) is 5.79. The fraction of sp³-hybridized carbons (Fsp3) is 0.569. The predicted molar refractivity (Wildman–Crippen MR) is 264 cm³/mol. The first kappa shape index (κ1) is 55.0. The molecular formula is C51H66Cl2F4N8O6. The molecule has 0 unspecified atom stereocenters. The second-order valence-electron chi connectivity index (χ2n) is 19.7. The molecule has 0 bridgehead atoms. The van der Waals surface area contributed by atoms with E-state index in [1.165, 1.54) is 19.1 Å². The van der Waals surface area contributed by atoms with Crippen LogP contribution in [0.5, 0.6) is 0 Å². The molecule has 4 amide bonds. The number of benzene rings is 2. The third-order valence-electron chi connectivity index (χ3n) is 13.8. The number of imidazole rings is 2. The fourth-order valence-electron chi connectivity index (χ4n) is 9.82. The second-order valence-corrected chi connectivity index (χ2v) is 20.5. The Labute approximate surface area is 422 Å². The number of halogens is 6. The third kappa shape index (κ3) is 13.6. The van der Waals surface area contributed by atoms with Gasteiger partial charge in [0.15, 0.2) is 0 Å². The lowest BCUT2D eigenvalue weighted by molar-refractivity contribution is -0.139. The molecular weight excluding hydrogens is 968 g/mol. The summed E-state index contributed by atoms with van der Waals surface area (Å²) in [5.41, 5.74) is 4.14. The van der Waals surface area contributed by atoms with Gasteiger partial charge in [-0.2, -0.15) is 0 Å². The van der Waals surface area contributed by atoms with Gasteiger partial charge in [0, 0.05) is 50.4 Å². The zero-order valence-corrected chi connectivity index (χ0v) is 43.0. The van der Waals surface area contributed by atoms with Crippen LogP contribution in [0.15, 0.2) is 48.5 Å². The van der Waals surface area contributed by atoms with Crippen LogP contribution in [-0.4, -0.2) is 105 Å². The van der Waals surface area contributed by atoms with Gasteiger partial charge in [-0.15, -0.1) is 0 Å². The maximum atomic E-state index is 14.4. The van der Waals surface area contributed by atoms with Crippen LogP contribution in [0.4, 0.5) is 27.2 Å². The zero-order valence-electron chi connectivity index (χ0n) is 41.5. The number of likely N-dealkylation sites (N-methyl/N-ethyl adjacent to an activating group) is 2. The minimum Gasteiger partial charge on any atom is -0.453 e. The predicted octanol–water partition coefficient (Wildman–Crippen LogP) is 12.0. The number of alkyl halides is 4. The lowest BCUT2D eigenvalue weighted by Crippen LogP contribution is -2.54. The third-order valence-corrected chi connectivity index (χ3v) is 14.3. The van der Waals surface area contributed by atoms with E-state index in [2.05, 4.69) is 20.6 Å². The van der Waals surface area contributed by atoms with E-state index in [1.54, 1.807) is 11.9 Å². The normalized spacial score (nSPS) is 17.8.